The molecule has 1 nitrogen and oxygen atoms in total. The van der Waals surface area contributed by atoms with Gasteiger partial charge in [-0.2, -0.15) is 0 Å². The van der Waals surface area contributed by atoms with Gasteiger partial charge in [0.25, 0.3) is 0 Å². The molecule has 0 saturated carbocycles. The van der Waals surface area contributed by atoms with Crippen molar-refractivity contribution >= 4 is 8.32 Å². The summed E-state index contributed by atoms with van der Waals surface area (Å²) in [4.78, 5) is 0. The Hall–Kier alpha value is -0.0831. The van der Waals surface area contributed by atoms with Gasteiger partial charge in [0.15, 0.2) is 0 Å². The summed E-state index contributed by atoms with van der Waals surface area (Å²) in [6, 6.07) is 0. The van der Waals surface area contributed by atoms with E-state index >= 15 is 0 Å². The van der Waals surface area contributed by atoms with Crippen molar-refractivity contribution < 1.29 is 4.43 Å². The molecule has 1 saturated heterocycles. The Morgan fingerprint density at radius 3 is 1.78 bits per heavy atom. The van der Waals surface area contributed by atoms with Crippen LogP contribution in [-0.2, 0) is 4.43 Å². The Balaban J connectivity index is 3.26. The van der Waals surface area contributed by atoms with Crippen molar-refractivity contribution in [3.05, 3.63) is 12.7 Å². The molecule has 1 unspecified atom stereocenters. The SMILES string of the molecule is C=CCC1O[Si](C(C)(C)C)(C(C)(C)C)[C@H](C)[C@@H]1C. The molecule has 0 N–H and O–H groups in total. The fourth-order valence-electron chi connectivity index (χ4n) is 4.42. The Kier molecular flexibility index (Phi) is 4.25. The van der Waals surface area contributed by atoms with Crippen LogP contribution in [-0.4, -0.2) is 14.4 Å². The van der Waals surface area contributed by atoms with Gasteiger partial charge in [0.1, 0.15) is 0 Å². The Bertz CT molecular complexity index is 294. The molecule has 0 aromatic rings. The highest BCUT2D eigenvalue weighted by Gasteiger charge is 2.64. The smallest absolute Gasteiger partial charge is 0.206 e. The van der Waals surface area contributed by atoms with Crippen LogP contribution in [0.1, 0.15) is 61.8 Å². The van der Waals surface area contributed by atoms with Crippen molar-refractivity contribution in [3.63, 3.8) is 0 Å². The minimum absolute atomic E-state index is 0.273. The van der Waals surface area contributed by atoms with Gasteiger partial charge in [-0.05, 0) is 28.0 Å². The van der Waals surface area contributed by atoms with Crippen LogP contribution in [0.3, 0.4) is 0 Å². The molecule has 0 bridgehead atoms. The van der Waals surface area contributed by atoms with Gasteiger partial charge in [-0.3, -0.25) is 0 Å². The summed E-state index contributed by atoms with van der Waals surface area (Å²) in [7, 11) is -1.85. The summed E-state index contributed by atoms with van der Waals surface area (Å²) in [6.07, 6.45) is 3.39. The molecule has 1 aliphatic rings. The molecule has 0 aromatic heterocycles. The molecular formula is C16H32OSi. The van der Waals surface area contributed by atoms with E-state index in [4.69, 9.17) is 4.43 Å². The molecule has 1 rings (SSSR count). The van der Waals surface area contributed by atoms with Crippen molar-refractivity contribution in [2.24, 2.45) is 5.92 Å². The summed E-state index contributed by atoms with van der Waals surface area (Å²) in [5, 5.41) is 0.545. The van der Waals surface area contributed by atoms with Gasteiger partial charge < -0.3 is 4.43 Å². The van der Waals surface area contributed by atoms with E-state index in [9.17, 15) is 0 Å². The maximum Gasteiger partial charge on any atom is 0.206 e. The molecule has 1 fully saturated rings. The van der Waals surface area contributed by atoms with Gasteiger partial charge in [-0.15, -0.1) is 6.58 Å². The van der Waals surface area contributed by atoms with Crippen LogP contribution in [0.15, 0.2) is 12.7 Å². The average molecular weight is 269 g/mol. The first-order valence-electron chi connectivity index (χ1n) is 7.27. The van der Waals surface area contributed by atoms with E-state index in [0.29, 0.717) is 17.6 Å². The topological polar surface area (TPSA) is 9.23 Å². The van der Waals surface area contributed by atoms with Crippen LogP contribution in [0.2, 0.25) is 15.6 Å². The third-order valence-corrected chi connectivity index (χ3v) is 11.9. The second-order valence-electron chi connectivity index (χ2n) is 8.06. The highest BCUT2D eigenvalue weighted by molar-refractivity contribution is 6.81. The molecule has 1 aliphatic heterocycles. The molecule has 0 radical (unpaired) electrons. The molecule has 0 amide bonds. The normalized spacial score (nSPS) is 32.6. The monoisotopic (exact) mass is 268 g/mol. The molecule has 1 heterocycles. The first-order valence-corrected chi connectivity index (χ1v) is 9.26. The number of rotatable bonds is 2. The summed E-state index contributed by atoms with van der Waals surface area (Å²) < 4.78 is 6.81. The van der Waals surface area contributed by atoms with Crippen LogP contribution in [0, 0.1) is 5.92 Å². The van der Waals surface area contributed by atoms with Gasteiger partial charge in [0.05, 0.1) is 6.10 Å². The van der Waals surface area contributed by atoms with Crippen LogP contribution in [0.5, 0.6) is 0 Å². The standard InChI is InChI=1S/C16H32OSi/c1-10-11-14-12(2)13(3)18(17-14,15(4,5)6)16(7,8)9/h10,12-14H,1,11H2,2-9H3/t12-,13+,14?/m0/s1. The zero-order chi connectivity index (χ0) is 14.4. The van der Waals surface area contributed by atoms with Crippen molar-refractivity contribution in [3.8, 4) is 0 Å². The molecule has 106 valence electrons. The lowest BCUT2D eigenvalue weighted by molar-refractivity contribution is 0.168. The van der Waals surface area contributed by atoms with Crippen LogP contribution >= 0.6 is 0 Å². The third-order valence-electron chi connectivity index (χ3n) is 4.98. The minimum atomic E-state index is -1.85. The molecule has 0 spiro atoms. The second kappa shape index (κ2) is 4.79. The lowest BCUT2D eigenvalue weighted by atomic mass is 9.99. The highest BCUT2D eigenvalue weighted by atomic mass is 28.4. The van der Waals surface area contributed by atoms with Crippen molar-refractivity contribution in [2.45, 2.75) is 83.5 Å². The Labute approximate surface area is 115 Å². The lowest BCUT2D eigenvalue weighted by Crippen LogP contribution is -2.54. The average Bonchev–Trinajstić information content (AvgIpc) is 2.42. The van der Waals surface area contributed by atoms with E-state index in [2.05, 4.69) is 62.0 Å². The Morgan fingerprint density at radius 2 is 1.50 bits per heavy atom. The van der Waals surface area contributed by atoms with E-state index in [-0.39, 0.29) is 10.1 Å². The molecule has 2 heteroatoms. The van der Waals surface area contributed by atoms with Gasteiger partial charge in [0, 0.05) is 0 Å². The first kappa shape index (κ1) is 16.0. The maximum absolute atomic E-state index is 6.81. The third kappa shape index (κ3) is 2.22. The van der Waals surface area contributed by atoms with Crippen LogP contribution < -0.4 is 0 Å². The minimum Gasteiger partial charge on any atom is -0.412 e. The summed E-state index contributed by atoms with van der Waals surface area (Å²) in [5.41, 5.74) is 0.697. The van der Waals surface area contributed by atoms with Gasteiger partial charge in [0.2, 0.25) is 8.32 Å². The summed E-state index contributed by atoms with van der Waals surface area (Å²) in [6.45, 7) is 23.0. The fourth-order valence-corrected chi connectivity index (χ4v) is 12.1. The number of hydrogen-bond acceptors (Lipinski definition) is 1. The molecular weight excluding hydrogens is 236 g/mol. The second-order valence-corrected chi connectivity index (χ2v) is 13.7. The van der Waals surface area contributed by atoms with Crippen molar-refractivity contribution in [2.75, 3.05) is 0 Å². The zero-order valence-electron chi connectivity index (χ0n) is 13.6. The van der Waals surface area contributed by atoms with Gasteiger partial charge >= 0.3 is 0 Å². The summed E-state index contributed by atoms with van der Waals surface area (Å²) >= 11 is 0. The largest absolute Gasteiger partial charge is 0.412 e. The molecule has 18 heavy (non-hydrogen) atoms. The van der Waals surface area contributed by atoms with E-state index in [1.54, 1.807) is 0 Å². The van der Waals surface area contributed by atoms with Crippen LogP contribution in [0.4, 0.5) is 0 Å². The Morgan fingerprint density at radius 1 is 1.06 bits per heavy atom. The summed E-state index contributed by atoms with van der Waals surface area (Å²) in [5.74, 6) is 0.646. The first-order chi connectivity index (χ1) is 7.99. The van der Waals surface area contributed by atoms with Crippen LogP contribution in [0.25, 0.3) is 0 Å². The van der Waals surface area contributed by atoms with Crippen molar-refractivity contribution in [1.82, 2.24) is 0 Å². The van der Waals surface area contributed by atoms with E-state index in [1.165, 1.54) is 0 Å². The zero-order valence-corrected chi connectivity index (χ0v) is 14.6. The predicted octanol–water partition coefficient (Wildman–Crippen LogP) is 5.53. The number of hydrogen-bond donors (Lipinski definition) is 0. The molecule has 0 aliphatic carbocycles. The van der Waals surface area contributed by atoms with Gasteiger partial charge in [-0.25, -0.2) is 0 Å². The van der Waals surface area contributed by atoms with Crippen molar-refractivity contribution in [1.29, 1.82) is 0 Å². The fraction of sp³-hybridized carbons (Fsp3) is 0.875. The molecule has 0 aromatic carbocycles. The maximum atomic E-state index is 6.81. The quantitative estimate of drug-likeness (QED) is 0.472. The lowest BCUT2D eigenvalue weighted by Gasteiger charge is -2.51. The predicted molar refractivity (Wildman–Crippen MR) is 83.5 cm³/mol. The molecule has 3 atom stereocenters. The van der Waals surface area contributed by atoms with E-state index in [1.807, 2.05) is 6.08 Å². The highest BCUT2D eigenvalue weighted by Crippen LogP contribution is 2.63. The van der Waals surface area contributed by atoms with E-state index in [0.717, 1.165) is 6.42 Å². The van der Waals surface area contributed by atoms with E-state index < -0.39 is 8.32 Å². The van der Waals surface area contributed by atoms with Gasteiger partial charge in [-0.1, -0.05) is 61.5 Å².